The topological polar surface area (TPSA) is 50.4 Å². The number of halogens is 1. The number of aryl methyl sites for hydroxylation is 1. The van der Waals surface area contributed by atoms with Gasteiger partial charge in [0.25, 0.3) is 0 Å². The Hall–Kier alpha value is -1.04. The van der Waals surface area contributed by atoms with Gasteiger partial charge in [-0.2, -0.15) is 0 Å². The molecule has 1 rings (SSSR count). The van der Waals surface area contributed by atoms with Crippen molar-refractivity contribution in [3.63, 3.8) is 0 Å². The first kappa shape index (κ1) is 18.0. The highest BCUT2D eigenvalue weighted by atomic mass is 127. The van der Waals surface area contributed by atoms with E-state index in [1.54, 1.807) is 0 Å². The molecule has 1 atom stereocenters. The number of aliphatic imine (C=N–C) groups is 1. The summed E-state index contributed by atoms with van der Waals surface area (Å²) >= 11 is 0. The fourth-order valence-corrected chi connectivity index (χ4v) is 1.61. The Bertz CT molecular complexity index is 441. The standard InChI is InChI=1S/C15H23N3.HI/c1-11(2)9-17-15(16)18-10-13(4)14-7-5-6-12(3)8-14;/h5-8,13H,1,9-10H2,2-4H3,(H3,16,17,18);1H. The van der Waals surface area contributed by atoms with Crippen LogP contribution in [0, 0.1) is 6.92 Å². The van der Waals surface area contributed by atoms with E-state index in [9.17, 15) is 0 Å². The first-order valence-corrected chi connectivity index (χ1v) is 6.23. The van der Waals surface area contributed by atoms with Gasteiger partial charge in [-0.05, 0) is 19.4 Å². The van der Waals surface area contributed by atoms with Gasteiger partial charge in [-0.1, -0.05) is 48.9 Å². The number of benzene rings is 1. The molecule has 3 N–H and O–H groups in total. The minimum absolute atomic E-state index is 0. The SMILES string of the molecule is C=C(C)CNC(N)=NCC(C)c1cccc(C)c1.I. The van der Waals surface area contributed by atoms with Crippen molar-refractivity contribution in [1.29, 1.82) is 0 Å². The van der Waals surface area contributed by atoms with Crippen LogP contribution in [0.15, 0.2) is 41.4 Å². The second-order valence-corrected chi connectivity index (χ2v) is 4.85. The van der Waals surface area contributed by atoms with Gasteiger partial charge in [0.15, 0.2) is 5.96 Å². The molecule has 106 valence electrons. The molecule has 0 saturated carbocycles. The van der Waals surface area contributed by atoms with Crippen LogP contribution in [-0.4, -0.2) is 19.0 Å². The van der Waals surface area contributed by atoms with Crippen molar-refractivity contribution in [1.82, 2.24) is 5.32 Å². The van der Waals surface area contributed by atoms with E-state index in [4.69, 9.17) is 5.73 Å². The second-order valence-electron chi connectivity index (χ2n) is 4.85. The zero-order valence-electron chi connectivity index (χ0n) is 11.9. The van der Waals surface area contributed by atoms with Gasteiger partial charge >= 0.3 is 0 Å². The van der Waals surface area contributed by atoms with E-state index in [-0.39, 0.29) is 24.0 Å². The Morgan fingerprint density at radius 1 is 1.47 bits per heavy atom. The molecule has 0 aliphatic carbocycles. The van der Waals surface area contributed by atoms with Crippen LogP contribution in [0.4, 0.5) is 0 Å². The molecule has 0 heterocycles. The summed E-state index contributed by atoms with van der Waals surface area (Å²) < 4.78 is 0. The van der Waals surface area contributed by atoms with Crippen LogP contribution in [0.5, 0.6) is 0 Å². The van der Waals surface area contributed by atoms with E-state index in [0.29, 0.717) is 25.0 Å². The molecule has 4 heteroatoms. The summed E-state index contributed by atoms with van der Waals surface area (Å²) in [6, 6.07) is 8.50. The molecule has 0 aliphatic rings. The number of hydrogen-bond donors (Lipinski definition) is 2. The van der Waals surface area contributed by atoms with E-state index in [1.165, 1.54) is 11.1 Å². The summed E-state index contributed by atoms with van der Waals surface area (Å²) in [5, 5.41) is 3.03. The molecular weight excluding hydrogens is 349 g/mol. The number of rotatable bonds is 5. The monoisotopic (exact) mass is 373 g/mol. The third-order valence-corrected chi connectivity index (χ3v) is 2.72. The first-order valence-electron chi connectivity index (χ1n) is 6.23. The van der Waals surface area contributed by atoms with Gasteiger partial charge in [-0.3, -0.25) is 4.99 Å². The fourth-order valence-electron chi connectivity index (χ4n) is 1.61. The van der Waals surface area contributed by atoms with Crippen molar-refractivity contribution in [2.24, 2.45) is 10.7 Å². The lowest BCUT2D eigenvalue weighted by atomic mass is 10.00. The Morgan fingerprint density at radius 3 is 2.74 bits per heavy atom. The van der Waals surface area contributed by atoms with Gasteiger partial charge in [0, 0.05) is 19.0 Å². The quantitative estimate of drug-likeness (QED) is 0.361. The van der Waals surface area contributed by atoms with Crippen molar-refractivity contribution < 1.29 is 0 Å². The van der Waals surface area contributed by atoms with Crippen molar-refractivity contribution in [2.75, 3.05) is 13.1 Å². The van der Waals surface area contributed by atoms with E-state index < -0.39 is 0 Å². The molecule has 19 heavy (non-hydrogen) atoms. The maximum Gasteiger partial charge on any atom is 0.188 e. The molecule has 0 spiro atoms. The highest BCUT2D eigenvalue weighted by Crippen LogP contribution is 2.16. The number of nitrogens with two attached hydrogens (primary N) is 1. The summed E-state index contributed by atoms with van der Waals surface area (Å²) in [6.07, 6.45) is 0. The minimum Gasteiger partial charge on any atom is -0.370 e. The van der Waals surface area contributed by atoms with Gasteiger partial charge in [0.1, 0.15) is 0 Å². The molecule has 0 fully saturated rings. The number of hydrogen-bond acceptors (Lipinski definition) is 1. The van der Waals surface area contributed by atoms with Crippen LogP contribution < -0.4 is 11.1 Å². The third-order valence-electron chi connectivity index (χ3n) is 2.72. The minimum atomic E-state index is 0. The van der Waals surface area contributed by atoms with Crippen LogP contribution >= 0.6 is 24.0 Å². The summed E-state index contributed by atoms with van der Waals surface area (Å²) in [5.41, 5.74) is 9.39. The Kier molecular flexibility index (Phi) is 8.47. The summed E-state index contributed by atoms with van der Waals surface area (Å²) in [6.45, 7) is 11.4. The number of guanidine groups is 1. The maximum atomic E-state index is 5.78. The van der Waals surface area contributed by atoms with Gasteiger partial charge in [-0.25, -0.2) is 0 Å². The van der Waals surface area contributed by atoms with Crippen molar-refractivity contribution >= 4 is 29.9 Å². The average Bonchev–Trinajstić information content (AvgIpc) is 2.33. The summed E-state index contributed by atoms with van der Waals surface area (Å²) in [7, 11) is 0. The molecule has 0 aromatic heterocycles. The van der Waals surface area contributed by atoms with Crippen LogP contribution in [0.3, 0.4) is 0 Å². The maximum absolute atomic E-state index is 5.78. The van der Waals surface area contributed by atoms with Crippen LogP contribution in [0.25, 0.3) is 0 Å². The van der Waals surface area contributed by atoms with Crippen molar-refractivity contribution in [3.05, 3.63) is 47.5 Å². The highest BCUT2D eigenvalue weighted by Gasteiger charge is 2.04. The van der Waals surface area contributed by atoms with Crippen LogP contribution in [0.1, 0.15) is 30.9 Å². The second kappa shape index (κ2) is 8.96. The Morgan fingerprint density at radius 2 is 2.16 bits per heavy atom. The molecule has 1 unspecified atom stereocenters. The van der Waals surface area contributed by atoms with Crippen LogP contribution in [-0.2, 0) is 0 Å². The van der Waals surface area contributed by atoms with Crippen LogP contribution in [0.2, 0.25) is 0 Å². The fraction of sp³-hybridized carbons (Fsp3) is 0.400. The molecule has 1 aromatic carbocycles. The average molecular weight is 373 g/mol. The van der Waals surface area contributed by atoms with Gasteiger partial charge in [0.2, 0.25) is 0 Å². The molecule has 3 nitrogen and oxygen atoms in total. The van der Waals surface area contributed by atoms with E-state index in [2.05, 4.69) is 55.0 Å². The first-order chi connectivity index (χ1) is 8.49. The lowest BCUT2D eigenvalue weighted by Gasteiger charge is -2.11. The normalized spacial score (nSPS) is 12.5. The molecule has 0 radical (unpaired) electrons. The zero-order valence-corrected chi connectivity index (χ0v) is 14.3. The summed E-state index contributed by atoms with van der Waals surface area (Å²) in [5.74, 6) is 0.854. The van der Waals surface area contributed by atoms with Gasteiger partial charge in [-0.15, -0.1) is 24.0 Å². The van der Waals surface area contributed by atoms with Gasteiger partial charge in [0.05, 0.1) is 0 Å². The molecular formula is C15H24IN3. The molecule has 0 bridgehead atoms. The predicted octanol–water partition coefficient (Wildman–Crippen LogP) is 3.20. The molecule has 0 saturated heterocycles. The Labute approximate surface area is 133 Å². The number of nitrogens with one attached hydrogen (secondary N) is 1. The summed E-state index contributed by atoms with van der Waals surface area (Å²) in [4.78, 5) is 4.34. The van der Waals surface area contributed by atoms with E-state index in [1.807, 2.05) is 6.92 Å². The van der Waals surface area contributed by atoms with Crippen molar-refractivity contribution in [2.45, 2.75) is 26.7 Å². The van der Waals surface area contributed by atoms with Crippen molar-refractivity contribution in [3.8, 4) is 0 Å². The van der Waals surface area contributed by atoms with E-state index in [0.717, 1.165) is 5.57 Å². The van der Waals surface area contributed by atoms with Gasteiger partial charge < -0.3 is 11.1 Å². The molecule has 0 aliphatic heterocycles. The predicted molar refractivity (Wildman–Crippen MR) is 94.3 cm³/mol. The molecule has 0 amide bonds. The third kappa shape index (κ3) is 7.20. The Balaban J connectivity index is 0.00000324. The smallest absolute Gasteiger partial charge is 0.188 e. The number of nitrogens with zero attached hydrogens (tertiary/aromatic N) is 1. The largest absolute Gasteiger partial charge is 0.370 e. The molecule has 1 aromatic rings. The lowest BCUT2D eigenvalue weighted by Crippen LogP contribution is -2.33. The zero-order chi connectivity index (χ0) is 13.5. The highest BCUT2D eigenvalue weighted by molar-refractivity contribution is 14.0. The lowest BCUT2D eigenvalue weighted by molar-refractivity contribution is 0.766. The van der Waals surface area contributed by atoms with E-state index >= 15 is 0 Å².